The van der Waals surface area contributed by atoms with Crippen LogP contribution in [0.2, 0.25) is 0 Å². The van der Waals surface area contributed by atoms with Gasteiger partial charge in [0.25, 0.3) is 0 Å². The van der Waals surface area contributed by atoms with E-state index < -0.39 is 0 Å². The molecule has 1 aromatic carbocycles. The average Bonchev–Trinajstić information content (AvgIpc) is 3.02. The minimum absolute atomic E-state index is 0.274. The lowest BCUT2D eigenvalue weighted by Crippen LogP contribution is -2.13. The van der Waals surface area contributed by atoms with Crippen molar-refractivity contribution in [3.05, 3.63) is 47.7 Å². The van der Waals surface area contributed by atoms with E-state index in [1.807, 2.05) is 44.4 Å². The maximum Gasteiger partial charge on any atom is 0.169 e. The lowest BCUT2D eigenvalue weighted by molar-refractivity contribution is 0.307. The van der Waals surface area contributed by atoms with E-state index >= 15 is 0 Å². The van der Waals surface area contributed by atoms with Gasteiger partial charge in [0, 0.05) is 24.9 Å². The molecule has 7 N–H and O–H groups in total. The molecule has 0 fully saturated rings. The van der Waals surface area contributed by atoms with Crippen LogP contribution in [0.4, 0.5) is 17.3 Å². The van der Waals surface area contributed by atoms with Crippen LogP contribution in [0.1, 0.15) is 11.1 Å². The van der Waals surface area contributed by atoms with Crippen LogP contribution in [0.3, 0.4) is 0 Å². The Morgan fingerprint density at radius 3 is 2.72 bits per heavy atom. The highest BCUT2D eigenvalue weighted by atomic mass is 16.5. The van der Waals surface area contributed by atoms with Crippen LogP contribution in [0, 0.1) is 6.92 Å². The van der Waals surface area contributed by atoms with E-state index in [-0.39, 0.29) is 11.6 Å². The van der Waals surface area contributed by atoms with E-state index in [1.54, 1.807) is 10.7 Å². The van der Waals surface area contributed by atoms with Gasteiger partial charge in [-0.3, -0.25) is 4.68 Å². The number of nitrogens with two attached hydrogens (primary N) is 3. The summed E-state index contributed by atoms with van der Waals surface area (Å²) < 4.78 is 7.63. The molecule has 0 amide bonds. The van der Waals surface area contributed by atoms with E-state index in [0.29, 0.717) is 18.0 Å². The van der Waals surface area contributed by atoms with E-state index in [0.717, 1.165) is 22.4 Å². The van der Waals surface area contributed by atoms with Crippen LogP contribution < -0.4 is 27.5 Å². The van der Waals surface area contributed by atoms with Crippen molar-refractivity contribution in [1.82, 2.24) is 14.8 Å². The molecule has 0 aliphatic carbocycles. The summed E-state index contributed by atoms with van der Waals surface area (Å²) >= 11 is 0. The molecule has 130 valence electrons. The Kier molecular flexibility index (Phi) is 4.44. The zero-order valence-electron chi connectivity index (χ0n) is 14.2. The average molecular weight is 339 g/mol. The molecular weight excluding hydrogens is 318 g/mol. The number of hydrogen-bond acceptors (Lipinski definition) is 7. The highest BCUT2D eigenvalue weighted by Crippen LogP contribution is 2.31. The number of hydrogen-bond donors (Lipinski definition) is 4. The summed E-state index contributed by atoms with van der Waals surface area (Å²) in [6.07, 6.45) is 1.92. The fourth-order valence-electron chi connectivity index (χ4n) is 2.61. The topological polar surface area (TPSA) is 130 Å². The number of pyridine rings is 1. The van der Waals surface area contributed by atoms with E-state index in [1.165, 1.54) is 0 Å². The molecule has 0 atom stereocenters. The predicted molar refractivity (Wildman–Crippen MR) is 98.6 cm³/mol. The Bertz CT molecular complexity index is 904. The summed E-state index contributed by atoms with van der Waals surface area (Å²) in [5.41, 5.74) is 18.6. The van der Waals surface area contributed by atoms with Crippen LogP contribution in [0.25, 0.3) is 11.3 Å². The standard InChI is InChI=1S/C17H21N7O/c1-10-11(4-3-5-12(10)13-6-7-24(2)23-13)9-25-14-8-15(18)21-17(22-20)16(14)19/h3-8H,9,19-20H2,1-2H3,(H3,18,21,22). The summed E-state index contributed by atoms with van der Waals surface area (Å²) in [7, 11) is 1.89. The second kappa shape index (κ2) is 6.70. The minimum Gasteiger partial charge on any atom is -0.486 e. The SMILES string of the molecule is Cc1c(COc2cc(N)nc(NN)c2N)cccc1-c1ccn(C)n1. The molecule has 2 aromatic heterocycles. The Balaban J connectivity index is 1.86. The Hall–Kier alpha value is -3.26. The third kappa shape index (κ3) is 3.33. The fraction of sp³-hybridized carbons (Fsp3) is 0.176. The molecule has 3 aromatic rings. The van der Waals surface area contributed by atoms with Crippen molar-refractivity contribution in [1.29, 1.82) is 0 Å². The minimum atomic E-state index is 0.274. The van der Waals surface area contributed by atoms with E-state index in [4.69, 9.17) is 22.0 Å². The first-order chi connectivity index (χ1) is 12.0. The normalized spacial score (nSPS) is 10.7. The van der Waals surface area contributed by atoms with Gasteiger partial charge in [0.1, 0.15) is 23.9 Å². The largest absolute Gasteiger partial charge is 0.486 e. The second-order valence-corrected chi connectivity index (χ2v) is 5.70. The van der Waals surface area contributed by atoms with Gasteiger partial charge >= 0.3 is 0 Å². The van der Waals surface area contributed by atoms with Gasteiger partial charge in [0.05, 0.1) is 5.69 Å². The maximum absolute atomic E-state index is 5.99. The van der Waals surface area contributed by atoms with Crippen molar-refractivity contribution in [3.63, 3.8) is 0 Å². The van der Waals surface area contributed by atoms with Crippen molar-refractivity contribution >= 4 is 17.3 Å². The molecule has 0 unspecified atom stereocenters. The van der Waals surface area contributed by atoms with Gasteiger partial charge in [-0.15, -0.1) is 0 Å². The number of nitrogens with zero attached hydrogens (tertiary/aromatic N) is 3. The van der Waals surface area contributed by atoms with Gasteiger partial charge in [-0.1, -0.05) is 18.2 Å². The molecule has 0 aliphatic heterocycles. The number of anilines is 3. The predicted octanol–water partition coefficient (Wildman–Crippen LogP) is 1.82. The number of aryl methyl sites for hydroxylation is 1. The first-order valence-electron chi connectivity index (χ1n) is 7.73. The summed E-state index contributed by atoms with van der Waals surface area (Å²) in [5, 5.41) is 4.46. The number of ether oxygens (including phenoxy) is 1. The van der Waals surface area contributed by atoms with Crippen molar-refractivity contribution < 1.29 is 4.74 Å². The van der Waals surface area contributed by atoms with E-state index in [9.17, 15) is 0 Å². The molecule has 2 heterocycles. The molecule has 0 radical (unpaired) electrons. The zero-order chi connectivity index (χ0) is 18.0. The lowest BCUT2D eigenvalue weighted by atomic mass is 10.0. The van der Waals surface area contributed by atoms with E-state index in [2.05, 4.69) is 15.5 Å². The quantitative estimate of drug-likeness (QED) is 0.412. The van der Waals surface area contributed by atoms with Gasteiger partial charge in [-0.2, -0.15) is 5.10 Å². The van der Waals surface area contributed by atoms with Crippen LogP contribution in [0.5, 0.6) is 5.75 Å². The molecule has 0 spiro atoms. The van der Waals surface area contributed by atoms with Crippen molar-refractivity contribution in [2.75, 3.05) is 16.9 Å². The third-order valence-corrected chi connectivity index (χ3v) is 4.00. The molecule has 0 aliphatic rings. The van der Waals surface area contributed by atoms with Gasteiger partial charge in [-0.05, 0) is 24.1 Å². The molecular formula is C17H21N7O. The molecule has 0 saturated carbocycles. The third-order valence-electron chi connectivity index (χ3n) is 4.00. The van der Waals surface area contributed by atoms with Gasteiger partial charge < -0.3 is 21.6 Å². The van der Waals surface area contributed by atoms with Crippen molar-refractivity contribution in [3.8, 4) is 17.0 Å². The fourth-order valence-corrected chi connectivity index (χ4v) is 2.61. The second-order valence-electron chi connectivity index (χ2n) is 5.70. The van der Waals surface area contributed by atoms with Crippen molar-refractivity contribution in [2.45, 2.75) is 13.5 Å². The van der Waals surface area contributed by atoms with Crippen LogP contribution in [-0.4, -0.2) is 14.8 Å². The number of nitrogens with one attached hydrogen (secondary N) is 1. The van der Waals surface area contributed by atoms with Crippen molar-refractivity contribution in [2.24, 2.45) is 12.9 Å². The summed E-state index contributed by atoms with van der Waals surface area (Å²) in [4.78, 5) is 4.01. The number of benzene rings is 1. The monoisotopic (exact) mass is 339 g/mol. The highest BCUT2D eigenvalue weighted by Gasteiger charge is 2.12. The molecule has 8 nitrogen and oxygen atoms in total. The summed E-state index contributed by atoms with van der Waals surface area (Å²) in [6.45, 7) is 2.38. The smallest absolute Gasteiger partial charge is 0.169 e. The zero-order valence-corrected chi connectivity index (χ0v) is 14.2. The highest BCUT2D eigenvalue weighted by molar-refractivity contribution is 5.71. The number of aromatic nitrogens is 3. The molecule has 0 saturated heterocycles. The van der Waals surface area contributed by atoms with Crippen LogP contribution in [-0.2, 0) is 13.7 Å². The van der Waals surface area contributed by atoms with Crippen LogP contribution in [0.15, 0.2) is 36.5 Å². The molecule has 3 rings (SSSR count). The number of nitrogen functional groups attached to an aromatic ring is 3. The summed E-state index contributed by atoms with van der Waals surface area (Å²) in [6, 6.07) is 9.58. The van der Waals surface area contributed by atoms with Gasteiger partial charge in [0.2, 0.25) is 0 Å². The number of rotatable bonds is 5. The molecule has 8 heteroatoms. The molecule has 25 heavy (non-hydrogen) atoms. The first-order valence-corrected chi connectivity index (χ1v) is 7.73. The molecule has 0 bridgehead atoms. The Morgan fingerprint density at radius 1 is 1.24 bits per heavy atom. The maximum atomic E-state index is 5.99. The van der Waals surface area contributed by atoms with Gasteiger partial charge in [0.15, 0.2) is 5.82 Å². The van der Waals surface area contributed by atoms with Crippen LogP contribution >= 0.6 is 0 Å². The lowest BCUT2D eigenvalue weighted by Gasteiger charge is -2.14. The van der Waals surface area contributed by atoms with Gasteiger partial charge in [-0.25, -0.2) is 10.8 Å². The summed E-state index contributed by atoms with van der Waals surface area (Å²) in [5.74, 6) is 6.39. The Labute approximate surface area is 145 Å². The Morgan fingerprint density at radius 2 is 2.04 bits per heavy atom. The first kappa shape index (κ1) is 16.6. The number of hydrazine groups is 1.